The van der Waals surface area contributed by atoms with E-state index in [1.54, 1.807) is 20.4 Å². The third-order valence-corrected chi connectivity index (χ3v) is 4.59. The molecule has 0 bridgehead atoms. The van der Waals surface area contributed by atoms with Crippen molar-refractivity contribution in [2.24, 2.45) is 0 Å². The van der Waals surface area contributed by atoms with Crippen molar-refractivity contribution >= 4 is 22.6 Å². The molecular weight excluding hydrogens is 368 g/mol. The van der Waals surface area contributed by atoms with Crippen molar-refractivity contribution in [3.05, 3.63) is 54.7 Å². The van der Waals surface area contributed by atoms with Gasteiger partial charge in [0, 0.05) is 35.3 Å². The average Bonchev–Trinajstić information content (AvgIpc) is 3.16. The number of nitrogens with one attached hydrogen (secondary N) is 2. The minimum absolute atomic E-state index is 0.119. The zero-order valence-electron chi connectivity index (χ0n) is 16.3. The number of amides is 1. The largest absolute Gasteiger partial charge is 0.493 e. The van der Waals surface area contributed by atoms with Gasteiger partial charge in [0.15, 0.2) is 17.1 Å². The molecule has 2 aromatic heterocycles. The van der Waals surface area contributed by atoms with Crippen LogP contribution in [0, 0.1) is 0 Å². The molecule has 7 heteroatoms. The van der Waals surface area contributed by atoms with Crippen LogP contribution in [-0.4, -0.2) is 35.3 Å². The van der Waals surface area contributed by atoms with E-state index in [0.29, 0.717) is 17.1 Å². The van der Waals surface area contributed by atoms with Gasteiger partial charge >= 0.3 is 0 Å². The second-order valence-electron chi connectivity index (χ2n) is 6.52. The number of aromatic amines is 1. The van der Waals surface area contributed by atoms with E-state index in [-0.39, 0.29) is 5.91 Å². The van der Waals surface area contributed by atoms with Crippen LogP contribution in [0.3, 0.4) is 0 Å². The van der Waals surface area contributed by atoms with Gasteiger partial charge in [-0.2, -0.15) is 5.10 Å². The van der Waals surface area contributed by atoms with Gasteiger partial charge in [0.2, 0.25) is 5.91 Å². The van der Waals surface area contributed by atoms with Gasteiger partial charge in [0.05, 0.1) is 14.2 Å². The van der Waals surface area contributed by atoms with E-state index in [0.717, 1.165) is 33.5 Å². The number of methoxy groups -OCH3 is 2. The number of rotatable bonds is 5. The Morgan fingerprint density at radius 3 is 2.55 bits per heavy atom. The van der Waals surface area contributed by atoms with Crippen LogP contribution in [0.25, 0.3) is 33.4 Å². The molecule has 29 heavy (non-hydrogen) atoms. The maximum atomic E-state index is 11.4. The Balaban J connectivity index is 1.79. The molecule has 0 aliphatic carbocycles. The summed E-state index contributed by atoms with van der Waals surface area (Å²) >= 11 is 0. The molecule has 0 unspecified atom stereocenters. The van der Waals surface area contributed by atoms with Gasteiger partial charge in [-0.1, -0.05) is 18.2 Å². The van der Waals surface area contributed by atoms with E-state index in [4.69, 9.17) is 9.47 Å². The van der Waals surface area contributed by atoms with Crippen LogP contribution in [0.15, 0.2) is 54.7 Å². The Kier molecular flexibility index (Phi) is 4.87. The summed E-state index contributed by atoms with van der Waals surface area (Å²) in [5.74, 6) is 1.20. The molecule has 0 radical (unpaired) electrons. The third kappa shape index (κ3) is 3.62. The van der Waals surface area contributed by atoms with Gasteiger partial charge < -0.3 is 14.8 Å². The van der Waals surface area contributed by atoms with Crippen LogP contribution in [0.2, 0.25) is 0 Å². The number of anilines is 1. The minimum Gasteiger partial charge on any atom is -0.493 e. The first-order valence-corrected chi connectivity index (χ1v) is 9.03. The van der Waals surface area contributed by atoms with Gasteiger partial charge in [0.25, 0.3) is 0 Å². The molecule has 0 saturated carbocycles. The lowest BCUT2D eigenvalue weighted by atomic mass is 10.0. The quantitative estimate of drug-likeness (QED) is 0.533. The lowest BCUT2D eigenvalue weighted by Gasteiger charge is -2.10. The first-order chi connectivity index (χ1) is 14.1. The van der Waals surface area contributed by atoms with Crippen molar-refractivity contribution in [1.29, 1.82) is 0 Å². The molecule has 146 valence electrons. The van der Waals surface area contributed by atoms with E-state index >= 15 is 0 Å². The molecule has 0 atom stereocenters. The molecule has 1 amide bonds. The van der Waals surface area contributed by atoms with Crippen LogP contribution in [0.5, 0.6) is 11.5 Å². The number of nitrogens with zero attached hydrogens (tertiary/aromatic N) is 2. The number of fused-ring (bicyclic) bond motifs is 1. The molecule has 2 heterocycles. The second-order valence-corrected chi connectivity index (χ2v) is 6.52. The fourth-order valence-corrected chi connectivity index (χ4v) is 3.24. The van der Waals surface area contributed by atoms with E-state index in [1.165, 1.54) is 6.92 Å². The van der Waals surface area contributed by atoms with Crippen LogP contribution in [0.4, 0.5) is 5.69 Å². The summed E-state index contributed by atoms with van der Waals surface area (Å²) in [4.78, 5) is 15.9. The predicted octanol–water partition coefficient (Wildman–Crippen LogP) is 4.27. The van der Waals surface area contributed by atoms with Crippen molar-refractivity contribution in [1.82, 2.24) is 15.2 Å². The van der Waals surface area contributed by atoms with Crippen molar-refractivity contribution in [3.63, 3.8) is 0 Å². The van der Waals surface area contributed by atoms with Crippen molar-refractivity contribution in [3.8, 4) is 33.9 Å². The maximum Gasteiger partial charge on any atom is 0.221 e. The zero-order chi connectivity index (χ0) is 20.4. The summed E-state index contributed by atoms with van der Waals surface area (Å²) in [6, 6.07) is 15.3. The Labute approximate surface area is 167 Å². The molecule has 0 spiro atoms. The van der Waals surface area contributed by atoms with Gasteiger partial charge in [-0.05, 0) is 35.9 Å². The summed E-state index contributed by atoms with van der Waals surface area (Å²) in [7, 11) is 3.22. The number of ether oxygens (including phenoxy) is 2. The van der Waals surface area contributed by atoms with E-state index in [1.807, 2.05) is 48.5 Å². The molecule has 2 N–H and O–H groups in total. The molecule has 0 aliphatic heterocycles. The minimum atomic E-state index is -0.119. The highest BCUT2D eigenvalue weighted by Gasteiger charge is 2.13. The second kappa shape index (κ2) is 7.63. The summed E-state index contributed by atoms with van der Waals surface area (Å²) in [5.41, 5.74) is 4.94. The monoisotopic (exact) mass is 388 g/mol. The Bertz CT molecular complexity index is 1200. The normalized spacial score (nSPS) is 10.7. The standard InChI is InChI=1S/C22H20N4O3/c1-13(27)24-17-6-4-5-15(9-17)21-18-10-16(12-23-22(18)26-25-21)14-7-8-19(28-2)20(11-14)29-3/h4-12H,1-3H3,(H,24,27)(H,23,25,26). The number of hydrogen-bond acceptors (Lipinski definition) is 5. The first-order valence-electron chi connectivity index (χ1n) is 9.03. The van der Waals surface area contributed by atoms with Crippen LogP contribution >= 0.6 is 0 Å². The van der Waals surface area contributed by atoms with Gasteiger partial charge in [0.1, 0.15) is 5.69 Å². The van der Waals surface area contributed by atoms with Gasteiger partial charge in [-0.15, -0.1) is 0 Å². The summed E-state index contributed by atoms with van der Waals surface area (Å²) in [6.45, 7) is 1.48. The molecule has 0 fully saturated rings. The predicted molar refractivity (Wildman–Crippen MR) is 112 cm³/mol. The SMILES string of the molecule is COc1ccc(-c2cnc3[nH]nc(-c4cccc(NC(C)=O)c4)c3c2)cc1OC. The number of carbonyl (C=O) groups is 1. The van der Waals surface area contributed by atoms with Crippen molar-refractivity contribution in [2.45, 2.75) is 6.92 Å². The molecular formula is C22H20N4O3. The van der Waals surface area contributed by atoms with Gasteiger partial charge in [-0.3, -0.25) is 9.89 Å². The third-order valence-electron chi connectivity index (χ3n) is 4.59. The summed E-state index contributed by atoms with van der Waals surface area (Å²) in [6.07, 6.45) is 1.79. The van der Waals surface area contributed by atoms with Crippen molar-refractivity contribution in [2.75, 3.05) is 19.5 Å². The van der Waals surface area contributed by atoms with E-state index in [9.17, 15) is 4.79 Å². The number of H-pyrrole nitrogens is 1. The number of carbonyl (C=O) groups excluding carboxylic acids is 1. The molecule has 0 aliphatic rings. The fourth-order valence-electron chi connectivity index (χ4n) is 3.24. The molecule has 7 nitrogen and oxygen atoms in total. The van der Waals surface area contributed by atoms with Gasteiger partial charge in [-0.25, -0.2) is 4.98 Å². The number of hydrogen-bond donors (Lipinski definition) is 2. The highest BCUT2D eigenvalue weighted by molar-refractivity contribution is 5.95. The molecule has 4 aromatic rings. The topological polar surface area (TPSA) is 89.1 Å². The Morgan fingerprint density at radius 1 is 0.966 bits per heavy atom. The highest BCUT2D eigenvalue weighted by Crippen LogP contribution is 2.34. The van der Waals surface area contributed by atoms with E-state index < -0.39 is 0 Å². The molecule has 0 saturated heterocycles. The van der Waals surface area contributed by atoms with E-state index in [2.05, 4.69) is 20.5 Å². The first kappa shape index (κ1) is 18.5. The number of aromatic nitrogens is 3. The van der Waals surface area contributed by atoms with Crippen molar-refractivity contribution < 1.29 is 14.3 Å². The lowest BCUT2D eigenvalue weighted by Crippen LogP contribution is -2.05. The Morgan fingerprint density at radius 2 is 1.79 bits per heavy atom. The highest BCUT2D eigenvalue weighted by atomic mass is 16.5. The Hall–Kier alpha value is -3.87. The molecule has 4 rings (SSSR count). The summed E-state index contributed by atoms with van der Waals surface area (Å²) in [5, 5.41) is 11.1. The van der Waals surface area contributed by atoms with Crippen LogP contribution in [0.1, 0.15) is 6.92 Å². The smallest absolute Gasteiger partial charge is 0.221 e. The van der Waals surface area contributed by atoms with Crippen LogP contribution < -0.4 is 14.8 Å². The maximum absolute atomic E-state index is 11.4. The fraction of sp³-hybridized carbons (Fsp3) is 0.136. The number of pyridine rings is 1. The average molecular weight is 388 g/mol. The summed E-state index contributed by atoms with van der Waals surface area (Å²) < 4.78 is 10.7. The zero-order valence-corrected chi connectivity index (χ0v) is 16.3. The van der Waals surface area contributed by atoms with Crippen LogP contribution in [-0.2, 0) is 4.79 Å². The lowest BCUT2D eigenvalue weighted by molar-refractivity contribution is -0.114. The molecule has 2 aromatic carbocycles. The number of benzene rings is 2.